The highest BCUT2D eigenvalue weighted by Gasteiger charge is 2.08. The third-order valence-corrected chi connectivity index (χ3v) is 2.80. The molecule has 18 heavy (non-hydrogen) atoms. The number of benzene rings is 1. The Hall–Kier alpha value is -1.81. The quantitative estimate of drug-likeness (QED) is 0.894. The number of halogens is 2. The van der Waals surface area contributed by atoms with Gasteiger partial charge in [-0.25, -0.2) is 4.39 Å². The number of aryl methyl sites for hydroxylation is 1. The molecule has 0 aliphatic carbocycles. The first-order valence-corrected chi connectivity index (χ1v) is 5.79. The molecule has 0 saturated heterocycles. The molecule has 3 nitrogen and oxygen atoms in total. The third kappa shape index (κ3) is 2.71. The van der Waals surface area contributed by atoms with Gasteiger partial charge in [0, 0.05) is 5.69 Å². The van der Waals surface area contributed by atoms with Crippen molar-refractivity contribution in [3.05, 3.63) is 52.6 Å². The van der Waals surface area contributed by atoms with Gasteiger partial charge in [-0.05, 0) is 31.2 Å². The molecule has 5 heteroatoms. The molecule has 2 aromatic rings. The van der Waals surface area contributed by atoms with E-state index in [1.54, 1.807) is 18.2 Å². The fourth-order valence-electron chi connectivity index (χ4n) is 1.57. The Morgan fingerprint density at radius 3 is 2.83 bits per heavy atom. The van der Waals surface area contributed by atoms with Crippen molar-refractivity contribution in [2.24, 2.45) is 0 Å². The molecule has 0 amide bonds. The Kier molecular flexibility index (Phi) is 3.67. The molecule has 0 unspecified atom stereocenters. The molecule has 1 aromatic heterocycles. The normalized spacial score (nSPS) is 10.4. The van der Waals surface area contributed by atoms with Crippen molar-refractivity contribution in [3.8, 4) is 5.75 Å². The van der Waals surface area contributed by atoms with E-state index in [4.69, 9.17) is 11.6 Å². The second-order valence-electron chi connectivity index (χ2n) is 3.87. The van der Waals surface area contributed by atoms with E-state index in [0.717, 1.165) is 5.69 Å². The average molecular weight is 267 g/mol. The number of hydrogen-bond acceptors (Lipinski definition) is 3. The fourth-order valence-corrected chi connectivity index (χ4v) is 1.80. The van der Waals surface area contributed by atoms with Crippen molar-refractivity contribution in [1.82, 2.24) is 4.98 Å². The van der Waals surface area contributed by atoms with Gasteiger partial charge in [0.1, 0.15) is 17.3 Å². The van der Waals surface area contributed by atoms with Gasteiger partial charge in [0.25, 0.3) is 0 Å². The van der Waals surface area contributed by atoms with Gasteiger partial charge < -0.3 is 10.4 Å². The third-order valence-electron chi connectivity index (χ3n) is 2.48. The molecule has 1 aromatic carbocycles. The van der Waals surface area contributed by atoms with Crippen LogP contribution in [0.3, 0.4) is 0 Å². The summed E-state index contributed by atoms with van der Waals surface area (Å²) in [7, 11) is 0. The highest BCUT2D eigenvalue weighted by molar-refractivity contribution is 6.33. The smallest absolute Gasteiger partial charge is 0.147 e. The molecule has 0 saturated carbocycles. The Balaban J connectivity index is 2.19. The number of anilines is 1. The number of pyridine rings is 1. The van der Waals surface area contributed by atoms with Gasteiger partial charge in [0.05, 0.1) is 17.3 Å². The number of para-hydroxylation sites is 1. The Morgan fingerprint density at radius 1 is 1.33 bits per heavy atom. The lowest BCUT2D eigenvalue weighted by Crippen LogP contribution is -2.04. The molecule has 94 valence electrons. The monoisotopic (exact) mass is 266 g/mol. The molecule has 0 atom stereocenters. The Bertz CT molecular complexity index is 555. The minimum absolute atomic E-state index is 0.0700. The average Bonchev–Trinajstić information content (AvgIpc) is 2.33. The van der Waals surface area contributed by atoms with E-state index in [2.05, 4.69) is 10.3 Å². The topological polar surface area (TPSA) is 45.1 Å². The van der Waals surface area contributed by atoms with E-state index in [9.17, 15) is 9.50 Å². The maximum Gasteiger partial charge on any atom is 0.147 e. The first-order valence-electron chi connectivity index (χ1n) is 5.41. The summed E-state index contributed by atoms with van der Waals surface area (Å²) >= 11 is 5.88. The molecule has 0 aliphatic rings. The Labute approximate surface area is 109 Å². The van der Waals surface area contributed by atoms with Crippen LogP contribution in [0.1, 0.15) is 11.4 Å². The second kappa shape index (κ2) is 5.23. The number of nitrogens with zero attached hydrogens (tertiary/aromatic N) is 1. The van der Waals surface area contributed by atoms with Gasteiger partial charge in [-0.1, -0.05) is 17.7 Å². The standard InChI is InChI=1S/C13H12ClFN2O/c1-8-5-6-12(18)11(17-8)7-16-13-9(14)3-2-4-10(13)15/h2-6,16,18H,7H2,1H3. The van der Waals surface area contributed by atoms with Crippen molar-refractivity contribution >= 4 is 17.3 Å². The van der Waals surface area contributed by atoms with Crippen LogP contribution in [0.4, 0.5) is 10.1 Å². The SMILES string of the molecule is Cc1ccc(O)c(CNc2c(F)cccc2Cl)n1. The zero-order valence-corrected chi connectivity index (χ0v) is 10.5. The van der Waals surface area contributed by atoms with Crippen LogP contribution in [0, 0.1) is 12.7 Å². The fraction of sp³-hybridized carbons (Fsp3) is 0.154. The van der Waals surface area contributed by atoms with Crippen molar-refractivity contribution in [2.75, 3.05) is 5.32 Å². The van der Waals surface area contributed by atoms with E-state index in [1.807, 2.05) is 6.92 Å². The molecule has 0 bridgehead atoms. The zero-order valence-electron chi connectivity index (χ0n) is 9.74. The number of aromatic nitrogens is 1. The second-order valence-corrected chi connectivity index (χ2v) is 4.28. The lowest BCUT2D eigenvalue weighted by Gasteiger charge is -2.10. The van der Waals surface area contributed by atoms with E-state index >= 15 is 0 Å². The van der Waals surface area contributed by atoms with E-state index in [-0.39, 0.29) is 18.0 Å². The summed E-state index contributed by atoms with van der Waals surface area (Å²) < 4.78 is 13.5. The van der Waals surface area contributed by atoms with Crippen LogP contribution in [-0.2, 0) is 6.54 Å². The highest BCUT2D eigenvalue weighted by atomic mass is 35.5. The molecule has 0 radical (unpaired) electrons. The van der Waals surface area contributed by atoms with Crippen LogP contribution in [0.2, 0.25) is 5.02 Å². The number of rotatable bonds is 3. The number of aromatic hydroxyl groups is 1. The maximum atomic E-state index is 13.5. The van der Waals surface area contributed by atoms with E-state index in [1.165, 1.54) is 12.1 Å². The van der Waals surface area contributed by atoms with Crippen LogP contribution >= 0.6 is 11.6 Å². The molecule has 1 heterocycles. The van der Waals surface area contributed by atoms with E-state index in [0.29, 0.717) is 10.7 Å². The van der Waals surface area contributed by atoms with Gasteiger partial charge >= 0.3 is 0 Å². The molecular weight excluding hydrogens is 255 g/mol. The summed E-state index contributed by atoms with van der Waals surface area (Å²) in [6.45, 7) is 2.02. The minimum atomic E-state index is -0.436. The summed E-state index contributed by atoms with van der Waals surface area (Å²) in [6.07, 6.45) is 0. The van der Waals surface area contributed by atoms with Crippen molar-refractivity contribution in [1.29, 1.82) is 0 Å². The molecule has 2 rings (SSSR count). The van der Waals surface area contributed by atoms with Crippen molar-refractivity contribution in [3.63, 3.8) is 0 Å². The van der Waals surface area contributed by atoms with Crippen LogP contribution in [0.5, 0.6) is 5.75 Å². The van der Waals surface area contributed by atoms with Crippen LogP contribution in [0.25, 0.3) is 0 Å². The Morgan fingerprint density at radius 2 is 2.11 bits per heavy atom. The van der Waals surface area contributed by atoms with Gasteiger partial charge in [-0.3, -0.25) is 4.98 Å². The number of nitrogens with one attached hydrogen (secondary N) is 1. The summed E-state index contributed by atoms with van der Waals surface area (Å²) in [4.78, 5) is 4.17. The summed E-state index contributed by atoms with van der Waals surface area (Å²) in [5.74, 6) is -0.366. The number of hydrogen-bond donors (Lipinski definition) is 2. The van der Waals surface area contributed by atoms with Crippen LogP contribution in [-0.4, -0.2) is 10.1 Å². The molecule has 0 fully saturated rings. The van der Waals surface area contributed by atoms with Crippen LogP contribution in [0.15, 0.2) is 30.3 Å². The van der Waals surface area contributed by atoms with Gasteiger partial charge in [-0.2, -0.15) is 0 Å². The van der Waals surface area contributed by atoms with Gasteiger partial charge in [0.15, 0.2) is 0 Å². The minimum Gasteiger partial charge on any atom is -0.506 e. The van der Waals surface area contributed by atoms with Gasteiger partial charge in [-0.15, -0.1) is 0 Å². The molecule has 2 N–H and O–H groups in total. The van der Waals surface area contributed by atoms with E-state index < -0.39 is 5.82 Å². The first-order chi connectivity index (χ1) is 8.58. The van der Waals surface area contributed by atoms with Crippen molar-refractivity contribution < 1.29 is 9.50 Å². The van der Waals surface area contributed by atoms with Gasteiger partial charge in [0.2, 0.25) is 0 Å². The summed E-state index contributed by atoms with van der Waals surface area (Å²) in [6, 6.07) is 7.71. The maximum absolute atomic E-state index is 13.5. The largest absolute Gasteiger partial charge is 0.506 e. The molecule has 0 spiro atoms. The molecule has 0 aliphatic heterocycles. The predicted molar refractivity (Wildman–Crippen MR) is 69.4 cm³/mol. The first kappa shape index (κ1) is 12.6. The molecular formula is C13H12ClFN2O. The summed E-state index contributed by atoms with van der Waals surface area (Å²) in [5, 5.41) is 12.8. The zero-order chi connectivity index (χ0) is 13.1. The predicted octanol–water partition coefficient (Wildman–Crippen LogP) is 3.50. The van der Waals surface area contributed by atoms with Crippen molar-refractivity contribution in [2.45, 2.75) is 13.5 Å². The highest BCUT2D eigenvalue weighted by Crippen LogP contribution is 2.26. The lowest BCUT2D eigenvalue weighted by atomic mass is 10.2. The van der Waals surface area contributed by atoms with Crippen LogP contribution < -0.4 is 5.32 Å². The summed E-state index contributed by atoms with van der Waals surface area (Å²) in [5.41, 5.74) is 1.44. The lowest BCUT2D eigenvalue weighted by molar-refractivity contribution is 0.464.